The molecule has 1 atom stereocenters. The second-order valence-electron chi connectivity index (χ2n) is 10.1. The van der Waals surface area contributed by atoms with Gasteiger partial charge in [0.15, 0.2) is 0 Å². The van der Waals surface area contributed by atoms with Crippen LogP contribution in [0.3, 0.4) is 0 Å². The molecule has 9 nitrogen and oxygen atoms in total. The Morgan fingerprint density at radius 3 is 2.32 bits per heavy atom. The maximum absolute atomic E-state index is 12.3. The first kappa shape index (κ1) is 25.7. The predicted octanol–water partition coefficient (Wildman–Crippen LogP) is 3.88. The van der Waals surface area contributed by atoms with E-state index >= 15 is 0 Å². The summed E-state index contributed by atoms with van der Waals surface area (Å²) < 4.78 is 0. The van der Waals surface area contributed by atoms with E-state index in [2.05, 4.69) is 43.0 Å². The van der Waals surface area contributed by atoms with Crippen molar-refractivity contribution >= 4 is 34.8 Å². The number of benzene rings is 2. The molecule has 2 aliphatic heterocycles. The number of rotatable bonds is 7. The Kier molecular flexibility index (Phi) is 7.83. The first-order chi connectivity index (χ1) is 18.5. The molecule has 38 heavy (non-hydrogen) atoms. The standard InChI is InChI=1S/C29H35N7O2/c1-20(2)28(38)36-18-16-35(17-19-36)24-11-9-23(10-12-24)33-29-31-15-13-25(34-29)21-5-7-22(8-6-21)32-27(37)26-4-3-14-30-26/h5-13,15,20,26,30H,3-4,14,16-19H2,1-2H3,(H,32,37)(H,31,33,34)/t26-/m0/s1. The van der Waals surface area contributed by atoms with Crippen LogP contribution in [-0.4, -0.2) is 65.4 Å². The smallest absolute Gasteiger partial charge is 0.241 e. The zero-order valence-electron chi connectivity index (χ0n) is 22.0. The van der Waals surface area contributed by atoms with Crippen LogP contribution in [0.5, 0.6) is 0 Å². The van der Waals surface area contributed by atoms with E-state index in [4.69, 9.17) is 0 Å². The maximum atomic E-state index is 12.3. The zero-order valence-corrected chi connectivity index (χ0v) is 22.0. The molecule has 9 heteroatoms. The third kappa shape index (κ3) is 6.11. The minimum Gasteiger partial charge on any atom is -0.368 e. The van der Waals surface area contributed by atoms with Gasteiger partial charge in [-0.05, 0) is 61.9 Å². The third-order valence-corrected chi connectivity index (χ3v) is 7.05. The van der Waals surface area contributed by atoms with Gasteiger partial charge in [-0.1, -0.05) is 26.0 Å². The van der Waals surface area contributed by atoms with Crippen molar-refractivity contribution in [1.29, 1.82) is 0 Å². The van der Waals surface area contributed by atoms with Gasteiger partial charge in [0, 0.05) is 60.9 Å². The maximum Gasteiger partial charge on any atom is 0.241 e. The summed E-state index contributed by atoms with van der Waals surface area (Å²) in [5, 5.41) is 9.49. The van der Waals surface area contributed by atoms with Crippen LogP contribution in [0.4, 0.5) is 23.0 Å². The monoisotopic (exact) mass is 513 g/mol. The minimum absolute atomic E-state index is 0.0123. The van der Waals surface area contributed by atoms with Crippen LogP contribution in [0, 0.1) is 5.92 Å². The zero-order chi connectivity index (χ0) is 26.5. The molecule has 0 saturated carbocycles. The van der Waals surface area contributed by atoms with Gasteiger partial charge < -0.3 is 25.8 Å². The number of amides is 2. The van der Waals surface area contributed by atoms with E-state index in [0.717, 1.165) is 73.9 Å². The number of carbonyl (C=O) groups excluding carboxylic acids is 2. The average Bonchev–Trinajstić information content (AvgIpc) is 3.49. The van der Waals surface area contributed by atoms with Gasteiger partial charge in [0.25, 0.3) is 0 Å². The van der Waals surface area contributed by atoms with E-state index in [1.54, 1.807) is 6.20 Å². The Morgan fingerprint density at radius 2 is 1.66 bits per heavy atom. The van der Waals surface area contributed by atoms with Crippen molar-refractivity contribution in [2.45, 2.75) is 32.7 Å². The van der Waals surface area contributed by atoms with Crippen LogP contribution in [0.2, 0.25) is 0 Å². The van der Waals surface area contributed by atoms with Gasteiger partial charge in [-0.25, -0.2) is 9.97 Å². The van der Waals surface area contributed by atoms with E-state index in [1.807, 2.05) is 61.2 Å². The average molecular weight is 514 g/mol. The van der Waals surface area contributed by atoms with Gasteiger partial charge in [0.05, 0.1) is 11.7 Å². The molecule has 5 rings (SSSR count). The minimum atomic E-state index is -0.107. The topological polar surface area (TPSA) is 102 Å². The Hall–Kier alpha value is -3.98. The summed E-state index contributed by atoms with van der Waals surface area (Å²) in [6.45, 7) is 7.96. The summed E-state index contributed by atoms with van der Waals surface area (Å²) in [6, 6.07) is 17.7. The quantitative estimate of drug-likeness (QED) is 0.441. The van der Waals surface area contributed by atoms with E-state index in [-0.39, 0.29) is 23.8 Å². The molecule has 3 N–H and O–H groups in total. The van der Waals surface area contributed by atoms with Crippen LogP contribution >= 0.6 is 0 Å². The summed E-state index contributed by atoms with van der Waals surface area (Å²) in [5.74, 6) is 0.795. The lowest BCUT2D eigenvalue weighted by Crippen LogP contribution is -2.49. The molecule has 0 radical (unpaired) electrons. The molecule has 0 spiro atoms. The van der Waals surface area contributed by atoms with Crippen LogP contribution in [0.15, 0.2) is 60.8 Å². The number of anilines is 4. The Bertz CT molecular complexity index is 1250. The fraction of sp³-hybridized carbons (Fsp3) is 0.379. The highest BCUT2D eigenvalue weighted by Crippen LogP contribution is 2.24. The summed E-state index contributed by atoms with van der Waals surface area (Å²) >= 11 is 0. The number of aromatic nitrogens is 2. The van der Waals surface area contributed by atoms with Crippen LogP contribution in [0.1, 0.15) is 26.7 Å². The number of nitrogens with one attached hydrogen (secondary N) is 3. The van der Waals surface area contributed by atoms with Gasteiger partial charge in [-0.15, -0.1) is 0 Å². The van der Waals surface area contributed by atoms with Crippen molar-refractivity contribution in [3.63, 3.8) is 0 Å². The van der Waals surface area contributed by atoms with E-state index < -0.39 is 0 Å². The molecule has 2 amide bonds. The lowest BCUT2D eigenvalue weighted by molar-refractivity contribution is -0.134. The molecule has 1 aromatic heterocycles. The van der Waals surface area contributed by atoms with E-state index in [0.29, 0.717) is 5.95 Å². The molecule has 2 aliphatic rings. The van der Waals surface area contributed by atoms with Gasteiger partial charge in [-0.3, -0.25) is 9.59 Å². The lowest BCUT2D eigenvalue weighted by Gasteiger charge is -2.37. The van der Waals surface area contributed by atoms with Gasteiger partial charge in [0.2, 0.25) is 17.8 Å². The summed E-state index contributed by atoms with van der Waals surface area (Å²) in [5.41, 5.74) is 4.55. The normalized spacial score (nSPS) is 17.5. The molecule has 2 saturated heterocycles. The summed E-state index contributed by atoms with van der Waals surface area (Å²) in [7, 11) is 0. The summed E-state index contributed by atoms with van der Waals surface area (Å²) in [4.78, 5) is 37.9. The largest absolute Gasteiger partial charge is 0.368 e. The molecular formula is C29H35N7O2. The SMILES string of the molecule is CC(C)C(=O)N1CCN(c2ccc(Nc3nccc(-c4ccc(NC(=O)[C@@H]5CCCN5)cc4)n3)cc2)CC1. The molecule has 2 fully saturated rings. The molecule has 3 heterocycles. The first-order valence-electron chi connectivity index (χ1n) is 13.3. The second kappa shape index (κ2) is 11.6. The number of nitrogens with zero attached hydrogens (tertiary/aromatic N) is 4. The first-order valence-corrected chi connectivity index (χ1v) is 13.3. The number of hydrogen-bond donors (Lipinski definition) is 3. The Balaban J connectivity index is 1.17. The molecule has 2 aromatic carbocycles. The highest BCUT2D eigenvalue weighted by Gasteiger charge is 2.23. The second-order valence-corrected chi connectivity index (χ2v) is 10.1. The van der Waals surface area contributed by atoms with Gasteiger partial charge in [-0.2, -0.15) is 0 Å². The highest BCUT2D eigenvalue weighted by molar-refractivity contribution is 5.95. The fourth-order valence-electron chi connectivity index (χ4n) is 4.88. The van der Waals surface area contributed by atoms with Crippen molar-refractivity contribution in [2.24, 2.45) is 5.92 Å². The van der Waals surface area contributed by atoms with Crippen LogP contribution in [0.25, 0.3) is 11.3 Å². The third-order valence-electron chi connectivity index (χ3n) is 7.05. The number of piperazine rings is 1. The van der Waals surface area contributed by atoms with Crippen molar-refractivity contribution in [1.82, 2.24) is 20.2 Å². The van der Waals surface area contributed by atoms with Crippen molar-refractivity contribution in [3.8, 4) is 11.3 Å². The molecule has 3 aromatic rings. The van der Waals surface area contributed by atoms with Crippen molar-refractivity contribution in [2.75, 3.05) is 48.3 Å². The fourth-order valence-corrected chi connectivity index (χ4v) is 4.88. The van der Waals surface area contributed by atoms with Crippen molar-refractivity contribution < 1.29 is 9.59 Å². The molecule has 0 bridgehead atoms. The van der Waals surface area contributed by atoms with E-state index in [9.17, 15) is 9.59 Å². The Morgan fingerprint density at radius 1 is 0.947 bits per heavy atom. The van der Waals surface area contributed by atoms with Gasteiger partial charge in [0.1, 0.15) is 0 Å². The molecule has 0 aliphatic carbocycles. The number of hydrogen-bond acceptors (Lipinski definition) is 7. The lowest BCUT2D eigenvalue weighted by atomic mass is 10.1. The van der Waals surface area contributed by atoms with Gasteiger partial charge >= 0.3 is 0 Å². The predicted molar refractivity (Wildman–Crippen MR) is 150 cm³/mol. The molecule has 198 valence electrons. The highest BCUT2D eigenvalue weighted by atomic mass is 16.2. The number of carbonyl (C=O) groups is 2. The van der Waals surface area contributed by atoms with Crippen molar-refractivity contribution in [3.05, 3.63) is 60.8 Å². The van der Waals surface area contributed by atoms with Crippen LogP contribution < -0.4 is 20.9 Å². The molecular weight excluding hydrogens is 478 g/mol. The van der Waals surface area contributed by atoms with Crippen LogP contribution in [-0.2, 0) is 9.59 Å². The molecule has 0 unspecified atom stereocenters. The van der Waals surface area contributed by atoms with E-state index in [1.165, 1.54) is 0 Å². The Labute approximate surface area is 223 Å². The summed E-state index contributed by atoms with van der Waals surface area (Å²) in [6.07, 6.45) is 3.64.